The highest BCUT2D eigenvalue weighted by molar-refractivity contribution is 7.88. The van der Waals surface area contributed by atoms with Crippen LogP contribution in [0.3, 0.4) is 0 Å². The summed E-state index contributed by atoms with van der Waals surface area (Å²) >= 11 is 0. The van der Waals surface area contributed by atoms with E-state index >= 15 is 0 Å². The third-order valence-electron chi connectivity index (χ3n) is 3.51. The number of nitrogens with one attached hydrogen (secondary N) is 1. The minimum Gasteiger partial charge on any atom is -0.310 e. The highest BCUT2D eigenvalue weighted by atomic mass is 32.2. The topological polar surface area (TPSA) is 66.5 Å². The number of nitrogens with zero attached hydrogens (tertiary/aromatic N) is 1. The van der Waals surface area contributed by atoms with Crippen molar-refractivity contribution < 1.29 is 13.2 Å². The number of carbonyl (C=O) groups excluding carboxylic acids is 1. The number of anilines is 1. The Morgan fingerprint density at radius 1 is 1.33 bits per heavy atom. The van der Waals surface area contributed by atoms with Gasteiger partial charge in [0.1, 0.15) is 6.04 Å². The first-order valence-electron chi connectivity index (χ1n) is 7.14. The summed E-state index contributed by atoms with van der Waals surface area (Å²) in [6.07, 6.45) is 2.39. The molecule has 0 radical (unpaired) electrons. The van der Waals surface area contributed by atoms with Crippen molar-refractivity contribution in [3.05, 3.63) is 29.8 Å². The molecule has 1 aliphatic heterocycles. The van der Waals surface area contributed by atoms with Crippen LogP contribution in [-0.4, -0.2) is 33.2 Å². The summed E-state index contributed by atoms with van der Waals surface area (Å²) in [5.41, 5.74) is 2.03. The monoisotopic (exact) mass is 310 g/mol. The van der Waals surface area contributed by atoms with Gasteiger partial charge in [-0.2, -0.15) is 0 Å². The third-order valence-corrected chi connectivity index (χ3v) is 4.23. The van der Waals surface area contributed by atoms with E-state index < -0.39 is 16.1 Å². The van der Waals surface area contributed by atoms with Crippen LogP contribution in [-0.2, 0) is 21.2 Å². The van der Waals surface area contributed by atoms with Crippen LogP contribution in [0.1, 0.15) is 25.8 Å². The molecule has 0 aromatic heterocycles. The number of fused-ring (bicyclic) bond motifs is 1. The van der Waals surface area contributed by atoms with Crippen LogP contribution in [0.25, 0.3) is 0 Å². The maximum Gasteiger partial charge on any atom is 0.245 e. The number of para-hydroxylation sites is 1. The fraction of sp³-hybridized carbons (Fsp3) is 0.533. The first-order valence-corrected chi connectivity index (χ1v) is 9.03. The van der Waals surface area contributed by atoms with Gasteiger partial charge in [0.2, 0.25) is 15.9 Å². The second kappa shape index (κ2) is 6.15. The van der Waals surface area contributed by atoms with Crippen molar-refractivity contribution >= 4 is 21.6 Å². The molecule has 2 rings (SSSR count). The van der Waals surface area contributed by atoms with Gasteiger partial charge in [0.25, 0.3) is 0 Å². The summed E-state index contributed by atoms with van der Waals surface area (Å²) in [6.45, 7) is 4.56. The van der Waals surface area contributed by atoms with E-state index in [1.54, 1.807) is 4.90 Å². The van der Waals surface area contributed by atoms with Crippen LogP contribution in [0.15, 0.2) is 24.3 Å². The van der Waals surface area contributed by atoms with Crippen molar-refractivity contribution in [2.24, 2.45) is 5.92 Å². The van der Waals surface area contributed by atoms with E-state index in [0.717, 1.165) is 23.9 Å². The van der Waals surface area contributed by atoms with E-state index in [0.29, 0.717) is 13.0 Å². The Labute approximate surface area is 126 Å². The Hall–Kier alpha value is -1.40. The van der Waals surface area contributed by atoms with E-state index in [1.807, 2.05) is 38.1 Å². The van der Waals surface area contributed by atoms with Gasteiger partial charge < -0.3 is 4.90 Å². The molecule has 0 unspecified atom stereocenters. The molecule has 0 saturated carbocycles. The lowest BCUT2D eigenvalue weighted by molar-refractivity contribution is -0.120. The first-order chi connectivity index (χ1) is 9.78. The van der Waals surface area contributed by atoms with Gasteiger partial charge in [-0.1, -0.05) is 32.0 Å². The van der Waals surface area contributed by atoms with Crippen LogP contribution in [0, 0.1) is 5.92 Å². The second-order valence-electron chi connectivity index (χ2n) is 5.94. The van der Waals surface area contributed by atoms with E-state index in [9.17, 15) is 13.2 Å². The van der Waals surface area contributed by atoms with E-state index in [-0.39, 0.29) is 11.8 Å². The number of amides is 1. The van der Waals surface area contributed by atoms with Crippen molar-refractivity contribution in [3.8, 4) is 0 Å². The van der Waals surface area contributed by atoms with Crippen molar-refractivity contribution in [1.29, 1.82) is 0 Å². The van der Waals surface area contributed by atoms with E-state index in [4.69, 9.17) is 0 Å². The summed E-state index contributed by atoms with van der Waals surface area (Å²) in [5, 5.41) is 0. The van der Waals surface area contributed by atoms with Gasteiger partial charge in [-0.25, -0.2) is 13.1 Å². The maximum atomic E-state index is 12.7. The minimum atomic E-state index is -3.42. The molecular formula is C15H22N2O3S. The van der Waals surface area contributed by atoms with Crippen molar-refractivity contribution in [2.75, 3.05) is 17.7 Å². The second-order valence-corrected chi connectivity index (χ2v) is 7.72. The lowest BCUT2D eigenvalue weighted by Gasteiger charge is -2.25. The fourth-order valence-corrected chi connectivity index (χ4v) is 3.40. The molecule has 0 spiro atoms. The molecule has 1 amide bonds. The van der Waals surface area contributed by atoms with Crippen LogP contribution in [0.4, 0.5) is 5.69 Å². The molecule has 0 fully saturated rings. The normalized spacial score (nSPS) is 16.1. The van der Waals surface area contributed by atoms with E-state index in [1.165, 1.54) is 0 Å². The quantitative estimate of drug-likeness (QED) is 0.897. The van der Waals surface area contributed by atoms with Gasteiger partial charge in [-0.3, -0.25) is 4.79 Å². The molecule has 1 aromatic carbocycles. The SMILES string of the molecule is CC(C)C[C@@H](NS(C)(=O)=O)C(=O)N1CCc2ccccc21. The Balaban J connectivity index is 2.23. The summed E-state index contributed by atoms with van der Waals surface area (Å²) in [5.74, 6) is 0.0603. The number of hydrogen-bond donors (Lipinski definition) is 1. The zero-order valence-electron chi connectivity index (χ0n) is 12.7. The van der Waals surface area contributed by atoms with Crippen molar-refractivity contribution in [2.45, 2.75) is 32.7 Å². The predicted molar refractivity (Wildman–Crippen MR) is 83.7 cm³/mol. The highest BCUT2D eigenvalue weighted by Gasteiger charge is 2.31. The van der Waals surface area contributed by atoms with E-state index in [2.05, 4.69) is 4.72 Å². The molecule has 5 nitrogen and oxygen atoms in total. The van der Waals surface area contributed by atoms with Crippen molar-refractivity contribution in [3.63, 3.8) is 0 Å². The largest absolute Gasteiger partial charge is 0.310 e. The van der Waals surface area contributed by atoms with Crippen molar-refractivity contribution in [1.82, 2.24) is 4.72 Å². The summed E-state index contributed by atoms with van der Waals surface area (Å²) in [6, 6.07) is 7.06. The zero-order chi connectivity index (χ0) is 15.6. The maximum absolute atomic E-state index is 12.7. The molecule has 0 saturated heterocycles. The molecule has 1 aliphatic rings. The van der Waals surface area contributed by atoms with Crippen LogP contribution in [0.5, 0.6) is 0 Å². The van der Waals surface area contributed by atoms with Crippen LogP contribution in [0.2, 0.25) is 0 Å². The number of rotatable bonds is 5. The lowest BCUT2D eigenvalue weighted by atomic mass is 10.0. The molecule has 1 atom stereocenters. The third kappa shape index (κ3) is 4.04. The molecule has 21 heavy (non-hydrogen) atoms. The van der Waals surface area contributed by atoms with Gasteiger partial charge in [0.05, 0.1) is 6.26 Å². The smallest absolute Gasteiger partial charge is 0.245 e. The van der Waals surface area contributed by atoms with Crippen LogP contribution >= 0.6 is 0 Å². The number of carbonyl (C=O) groups is 1. The average Bonchev–Trinajstić information content (AvgIpc) is 2.78. The number of sulfonamides is 1. The molecule has 116 valence electrons. The molecule has 0 bridgehead atoms. The zero-order valence-corrected chi connectivity index (χ0v) is 13.5. The van der Waals surface area contributed by atoms with Gasteiger partial charge in [0.15, 0.2) is 0 Å². The Morgan fingerprint density at radius 2 is 2.00 bits per heavy atom. The molecular weight excluding hydrogens is 288 g/mol. The first kappa shape index (κ1) is 16.0. The van der Waals surface area contributed by atoms with Crippen LogP contribution < -0.4 is 9.62 Å². The molecule has 1 heterocycles. The van der Waals surface area contributed by atoms with Gasteiger partial charge in [-0.05, 0) is 30.4 Å². The minimum absolute atomic E-state index is 0.168. The fourth-order valence-electron chi connectivity index (χ4n) is 2.68. The highest BCUT2D eigenvalue weighted by Crippen LogP contribution is 2.28. The standard InChI is InChI=1S/C15H22N2O3S/c1-11(2)10-13(16-21(3,19)20)15(18)17-9-8-12-6-4-5-7-14(12)17/h4-7,11,13,16H,8-10H2,1-3H3/t13-/m1/s1. The van der Waals surface area contributed by atoms with Gasteiger partial charge in [-0.15, -0.1) is 0 Å². The Bertz CT molecular complexity index is 626. The lowest BCUT2D eigenvalue weighted by Crippen LogP contribution is -2.48. The molecule has 1 N–H and O–H groups in total. The Kier molecular flexibility index (Phi) is 4.68. The number of hydrogen-bond acceptors (Lipinski definition) is 3. The molecule has 6 heteroatoms. The Morgan fingerprint density at radius 3 is 2.62 bits per heavy atom. The summed E-state index contributed by atoms with van der Waals surface area (Å²) in [4.78, 5) is 14.4. The average molecular weight is 310 g/mol. The predicted octanol–water partition coefficient (Wildman–Crippen LogP) is 1.54. The number of benzene rings is 1. The molecule has 1 aromatic rings. The summed E-state index contributed by atoms with van der Waals surface area (Å²) < 4.78 is 25.5. The molecule has 0 aliphatic carbocycles. The van der Waals surface area contributed by atoms with Gasteiger partial charge in [0, 0.05) is 12.2 Å². The van der Waals surface area contributed by atoms with Gasteiger partial charge >= 0.3 is 0 Å². The summed E-state index contributed by atoms with van der Waals surface area (Å²) in [7, 11) is -3.42.